The number of nitrogens with one attached hydrogen (secondary N) is 3. The monoisotopic (exact) mass is 562 g/mol. The lowest BCUT2D eigenvalue weighted by molar-refractivity contribution is 0.0948. The Labute approximate surface area is 201 Å². The predicted octanol–water partition coefficient (Wildman–Crippen LogP) is 2.71. The molecule has 0 fully saturated rings. The molecule has 1 aromatic carbocycles. The molecule has 0 spiro atoms. The molecule has 0 radical (unpaired) electrons. The Hall–Kier alpha value is -2.08. The van der Waals surface area contributed by atoms with Crippen molar-refractivity contribution in [3.05, 3.63) is 59.5 Å². The summed E-state index contributed by atoms with van der Waals surface area (Å²) in [6.45, 7) is 5.27. The van der Waals surface area contributed by atoms with E-state index < -0.39 is 9.84 Å². The third-order valence-electron chi connectivity index (χ3n) is 4.26. The van der Waals surface area contributed by atoms with Gasteiger partial charge in [-0.1, -0.05) is 12.1 Å². The lowest BCUT2D eigenvalue weighted by Gasteiger charge is -2.17. The van der Waals surface area contributed by atoms with E-state index in [0.29, 0.717) is 43.3 Å². The quantitative estimate of drug-likeness (QED) is 0.233. The molecule has 2 aromatic rings. The van der Waals surface area contributed by atoms with E-state index in [-0.39, 0.29) is 41.7 Å². The van der Waals surface area contributed by atoms with Crippen LogP contribution >= 0.6 is 24.0 Å². The lowest BCUT2D eigenvalue weighted by Crippen LogP contribution is -2.42. The van der Waals surface area contributed by atoms with Crippen molar-refractivity contribution in [1.29, 1.82) is 0 Å². The number of carbonyl (C=O) groups excluding carboxylic acids is 1. The molecule has 0 saturated carbocycles. The number of rotatable bonds is 10. The van der Waals surface area contributed by atoms with Crippen molar-refractivity contribution in [2.45, 2.75) is 39.4 Å². The number of carbonyl (C=O) groups is 1. The summed E-state index contributed by atoms with van der Waals surface area (Å²) in [6.07, 6.45) is 3.30. The second-order valence-corrected chi connectivity index (χ2v) is 9.38. The van der Waals surface area contributed by atoms with Gasteiger partial charge in [0, 0.05) is 24.4 Å². The van der Waals surface area contributed by atoms with Crippen LogP contribution in [0.25, 0.3) is 0 Å². The van der Waals surface area contributed by atoms with Gasteiger partial charge in [0.15, 0.2) is 5.96 Å². The average molecular weight is 562 g/mol. The summed E-state index contributed by atoms with van der Waals surface area (Å²) in [5.74, 6) is 1.23. The molecule has 10 heteroatoms. The zero-order valence-electron chi connectivity index (χ0n) is 18.1. The first-order valence-corrected chi connectivity index (χ1v) is 11.9. The third-order valence-corrected chi connectivity index (χ3v) is 5.24. The van der Waals surface area contributed by atoms with Crippen LogP contribution in [0.3, 0.4) is 0 Å². The molecule has 0 aliphatic carbocycles. The largest absolute Gasteiger partial charge is 0.467 e. The van der Waals surface area contributed by atoms with Crippen molar-refractivity contribution in [3.8, 4) is 0 Å². The van der Waals surface area contributed by atoms with E-state index >= 15 is 0 Å². The predicted molar refractivity (Wildman–Crippen MR) is 133 cm³/mol. The van der Waals surface area contributed by atoms with Crippen molar-refractivity contribution < 1.29 is 17.6 Å². The van der Waals surface area contributed by atoms with Crippen LogP contribution in [0.15, 0.2) is 52.1 Å². The van der Waals surface area contributed by atoms with Gasteiger partial charge in [0.2, 0.25) is 0 Å². The minimum Gasteiger partial charge on any atom is -0.467 e. The van der Waals surface area contributed by atoms with E-state index in [9.17, 15) is 13.2 Å². The van der Waals surface area contributed by atoms with Crippen molar-refractivity contribution in [3.63, 3.8) is 0 Å². The molecule has 2 rings (SSSR count). The molecule has 172 valence electrons. The fourth-order valence-corrected chi connectivity index (χ4v) is 3.46. The van der Waals surface area contributed by atoms with Crippen LogP contribution in [0.1, 0.15) is 41.9 Å². The molecule has 8 nitrogen and oxygen atoms in total. The molecule has 1 heterocycles. The Balaban J connectivity index is 0.00000480. The minimum atomic E-state index is -3.00. The smallest absolute Gasteiger partial charge is 0.251 e. The van der Waals surface area contributed by atoms with Gasteiger partial charge in [-0.05, 0) is 50.1 Å². The fourth-order valence-electron chi connectivity index (χ4n) is 2.68. The number of amides is 1. The number of hydrogen-bond acceptors (Lipinski definition) is 5. The lowest BCUT2D eigenvalue weighted by atomic mass is 10.1. The van der Waals surface area contributed by atoms with Crippen molar-refractivity contribution in [1.82, 2.24) is 16.0 Å². The maximum absolute atomic E-state index is 12.4. The Kier molecular flexibility index (Phi) is 11.6. The molecular formula is C21H31IN4O4S. The number of guanidine groups is 1. The maximum atomic E-state index is 12.4. The van der Waals surface area contributed by atoms with Crippen LogP contribution in [0.4, 0.5) is 0 Å². The molecule has 1 atom stereocenters. The first kappa shape index (κ1) is 27.0. The van der Waals surface area contributed by atoms with Gasteiger partial charge in [-0.2, -0.15) is 0 Å². The van der Waals surface area contributed by atoms with E-state index in [1.807, 2.05) is 26.0 Å². The summed E-state index contributed by atoms with van der Waals surface area (Å²) in [6, 6.07) is 10.8. The number of aliphatic imine (C=N–C) groups is 1. The standard InChI is InChI=1S/C21H30N4O4S.HI/c1-4-22-21(25-16(2)10-12-30(3,27)28)24-14-17-7-5-8-18(13-17)20(26)23-15-19-9-6-11-29-19;/h5-9,11,13,16H,4,10,12,14-15H2,1-3H3,(H,23,26)(H2,22,24,25);1H. The van der Waals surface area contributed by atoms with Gasteiger partial charge >= 0.3 is 0 Å². The third kappa shape index (κ3) is 10.7. The van der Waals surface area contributed by atoms with Crippen LogP contribution in [-0.2, 0) is 22.9 Å². The summed E-state index contributed by atoms with van der Waals surface area (Å²) in [4.78, 5) is 16.9. The van der Waals surface area contributed by atoms with Crippen LogP contribution in [0.5, 0.6) is 0 Å². The van der Waals surface area contributed by atoms with E-state index in [1.165, 1.54) is 6.26 Å². The summed E-state index contributed by atoms with van der Waals surface area (Å²) >= 11 is 0. The molecular weight excluding hydrogens is 531 g/mol. The fraction of sp³-hybridized carbons (Fsp3) is 0.429. The van der Waals surface area contributed by atoms with Gasteiger partial charge in [0.25, 0.3) is 5.91 Å². The first-order valence-electron chi connectivity index (χ1n) is 9.89. The van der Waals surface area contributed by atoms with Crippen molar-refractivity contribution in [2.24, 2.45) is 4.99 Å². The molecule has 1 aromatic heterocycles. The van der Waals surface area contributed by atoms with Gasteiger partial charge in [-0.3, -0.25) is 4.79 Å². The van der Waals surface area contributed by atoms with E-state index in [2.05, 4.69) is 20.9 Å². The van der Waals surface area contributed by atoms with E-state index in [4.69, 9.17) is 4.42 Å². The van der Waals surface area contributed by atoms with E-state index in [0.717, 1.165) is 5.56 Å². The Morgan fingerprint density at radius 1 is 1.19 bits per heavy atom. The van der Waals surface area contributed by atoms with Crippen LogP contribution in [0, 0.1) is 0 Å². The summed E-state index contributed by atoms with van der Waals surface area (Å²) < 4.78 is 27.9. The molecule has 1 amide bonds. The Bertz CT molecular complexity index is 946. The van der Waals surface area contributed by atoms with Gasteiger partial charge in [0.1, 0.15) is 15.6 Å². The number of hydrogen-bond donors (Lipinski definition) is 3. The van der Waals surface area contributed by atoms with Gasteiger partial charge in [-0.15, -0.1) is 24.0 Å². The number of furan rings is 1. The highest BCUT2D eigenvalue weighted by Crippen LogP contribution is 2.08. The zero-order valence-corrected chi connectivity index (χ0v) is 21.2. The van der Waals surface area contributed by atoms with Crippen LogP contribution in [0.2, 0.25) is 0 Å². The van der Waals surface area contributed by atoms with Gasteiger partial charge < -0.3 is 20.4 Å². The van der Waals surface area contributed by atoms with Gasteiger partial charge in [0.05, 0.1) is 25.1 Å². The Morgan fingerprint density at radius 3 is 2.61 bits per heavy atom. The van der Waals surface area contributed by atoms with Crippen LogP contribution < -0.4 is 16.0 Å². The first-order chi connectivity index (χ1) is 14.3. The number of halogens is 1. The highest BCUT2D eigenvalue weighted by atomic mass is 127. The number of sulfone groups is 1. The topological polar surface area (TPSA) is 113 Å². The second-order valence-electron chi connectivity index (χ2n) is 7.12. The summed E-state index contributed by atoms with van der Waals surface area (Å²) in [5, 5.41) is 9.20. The van der Waals surface area contributed by atoms with Crippen molar-refractivity contribution >= 4 is 45.7 Å². The highest BCUT2D eigenvalue weighted by Gasteiger charge is 2.10. The zero-order chi connectivity index (χ0) is 22.0. The maximum Gasteiger partial charge on any atom is 0.251 e. The van der Waals surface area contributed by atoms with Gasteiger partial charge in [-0.25, -0.2) is 13.4 Å². The second kappa shape index (κ2) is 13.4. The average Bonchev–Trinajstić information content (AvgIpc) is 3.22. The highest BCUT2D eigenvalue weighted by molar-refractivity contribution is 14.0. The molecule has 3 N–H and O–H groups in total. The minimum absolute atomic E-state index is 0. The Morgan fingerprint density at radius 2 is 1.97 bits per heavy atom. The molecule has 0 aliphatic rings. The van der Waals surface area contributed by atoms with Crippen molar-refractivity contribution in [2.75, 3.05) is 18.6 Å². The summed E-state index contributed by atoms with van der Waals surface area (Å²) in [7, 11) is -3.00. The molecule has 0 aliphatic heterocycles. The van der Waals surface area contributed by atoms with Crippen LogP contribution in [-0.4, -0.2) is 44.9 Å². The molecule has 31 heavy (non-hydrogen) atoms. The van der Waals surface area contributed by atoms with E-state index in [1.54, 1.807) is 30.5 Å². The SMILES string of the molecule is CCNC(=NCc1cccc(C(=O)NCc2ccco2)c1)NC(C)CCS(C)(=O)=O.I. The number of nitrogens with zero attached hydrogens (tertiary/aromatic N) is 1. The molecule has 0 bridgehead atoms. The molecule has 0 saturated heterocycles. The molecule has 1 unspecified atom stereocenters. The normalized spacial score (nSPS) is 12.5. The summed E-state index contributed by atoms with van der Waals surface area (Å²) in [5.41, 5.74) is 1.44. The number of benzene rings is 1.